The van der Waals surface area contributed by atoms with Crippen LogP contribution in [-0.4, -0.2) is 35.1 Å². The van der Waals surface area contributed by atoms with Crippen molar-refractivity contribution in [2.24, 2.45) is 23.2 Å². The van der Waals surface area contributed by atoms with E-state index in [1.54, 1.807) is 0 Å². The van der Waals surface area contributed by atoms with Crippen molar-refractivity contribution in [2.75, 3.05) is 6.54 Å². The second-order valence-electron chi connectivity index (χ2n) is 8.29. The van der Waals surface area contributed by atoms with Crippen molar-refractivity contribution < 1.29 is 27.9 Å². The number of alkyl halides is 3. The molecule has 5 atom stereocenters. The summed E-state index contributed by atoms with van der Waals surface area (Å²) in [5, 5.41) is 11.9. The smallest absolute Gasteiger partial charge is 0.380 e. The summed E-state index contributed by atoms with van der Waals surface area (Å²) >= 11 is 0. The van der Waals surface area contributed by atoms with E-state index in [0.717, 1.165) is 25.7 Å². The fraction of sp³-hybridized carbons (Fsp3) is 0.889. The highest BCUT2D eigenvalue weighted by Crippen LogP contribution is 2.56. The fourth-order valence-electron chi connectivity index (χ4n) is 4.80. The van der Waals surface area contributed by atoms with Gasteiger partial charge in [-0.3, -0.25) is 9.59 Å². The third kappa shape index (κ3) is 4.01. The number of amides is 1. The van der Waals surface area contributed by atoms with Crippen molar-refractivity contribution in [3.8, 4) is 0 Å². The molecule has 2 fully saturated rings. The summed E-state index contributed by atoms with van der Waals surface area (Å²) in [6, 6.07) is 0. The summed E-state index contributed by atoms with van der Waals surface area (Å²) in [5.41, 5.74) is -3.10. The lowest BCUT2D eigenvalue weighted by atomic mass is 9.62. The van der Waals surface area contributed by atoms with Crippen molar-refractivity contribution in [1.29, 1.82) is 0 Å². The standard InChI is InChI=1S/C18H28F3NO3/c1-11(10-22-15(24)9-17(3,25)18(19,20)21)12-6-7-13-14(23)5-4-8-16(12,13)2/h11-13,25H,4-10H2,1-3H3,(H,22,24)/t11-,12-,13+,16+,17+/m1/s1. The number of carbonyl (C=O) groups is 2. The molecule has 0 aromatic carbocycles. The van der Waals surface area contributed by atoms with Crippen LogP contribution < -0.4 is 5.32 Å². The monoisotopic (exact) mass is 363 g/mol. The summed E-state index contributed by atoms with van der Waals surface area (Å²) in [7, 11) is 0. The third-order valence-corrected chi connectivity index (χ3v) is 6.36. The van der Waals surface area contributed by atoms with Crippen LogP contribution in [0, 0.1) is 23.2 Å². The predicted molar refractivity (Wildman–Crippen MR) is 86.6 cm³/mol. The lowest BCUT2D eigenvalue weighted by molar-refractivity contribution is -0.253. The molecule has 4 nitrogen and oxygen atoms in total. The largest absolute Gasteiger partial charge is 0.417 e. The van der Waals surface area contributed by atoms with E-state index in [2.05, 4.69) is 12.2 Å². The minimum Gasteiger partial charge on any atom is -0.380 e. The molecule has 144 valence electrons. The third-order valence-electron chi connectivity index (χ3n) is 6.36. The minimum atomic E-state index is -4.84. The van der Waals surface area contributed by atoms with Gasteiger partial charge in [-0.05, 0) is 49.9 Å². The van der Waals surface area contributed by atoms with Gasteiger partial charge in [0.1, 0.15) is 5.78 Å². The molecular formula is C18H28F3NO3. The maximum absolute atomic E-state index is 12.6. The highest BCUT2D eigenvalue weighted by atomic mass is 19.4. The highest BCUT2D eigenvalue weighted by Gasteiger charge is 2.53. The number of ketones is 1. The zero-order chi connectivity index (χ0) is 19.0. The number of hydrogen-bond donors (Lipinski definition) is 2. The lowest BCUT2D eigenvalue weighted by Crippen LogP contribution is -2.47. The second-order valence-corrected chi connectivity index (χ2v) is 8.29. The van der Waals surface area contributed by atoms with Crippen LogP contribution in [0.2, 0.25) is 0 Å². The van der Waals surface area contributed by atoms with Gasteiger partial charge in [0.05, 0.1) is 6.42 Å². The van der Waals surface area contributed by atoms with E-state index in [4.69, 9.17) is 0 Å². The van der Waals surface area contributed by atoms with Crippen LogP contribution in [0.4, 0.5) is 13.2 Å². The Bertz CT molecular complexity index is 532. The minimum absolute atomic E-state index is 0.0701. The molecule has 0 unspecified atom stereocenters. The van der Waals surface area contributed by atoms with Crippen molar-refractivity contribution >= 4 is 11.7 Å². The van der Waals surface area contributed by atoms with Gasteiger partial charge in [0.15, 0.2) is 5.60 Å². The van der Waals surface area contributed by atoms with Gasteiger partial charge >= 0.3 is 6.18 Å². The summed E-state index contributed by atoms with van der Waals surface area (Å²) < 4.78 is 37.9. The fourth-order valence-corrected chi connectivity index (χ4v) is 4.80. The Kier molecular flexibility index (Phi) is 5.57. The zero-order valence-electron chi connectivity index (χ0n) is 15.1. The van der Waals surface area contributed by atoms with Crippen molar-refractivity contribution in [1.82, 2.24) is 5.32 Å². The summed E-state index contributed by atoms with van der Waals surface area (Å²) in [6.07, 6.45) is -1.57. The number of halogens is 3. The number of hydrogen-bond acceptors (Lipinski definition) is 3. The van der Waals surface area contributed by atoms with Crippen LogP contribution in [0.1, 0.15) is 59.3 Å². The Morgan fingerprint density at radius 2 is 2.04 bits per heavy atom. The maximum atomic E-state index is 12.6. The Labute approximate surface area is 146 Å². The van der Waals surface area contributed by atoms with Crippen molar-refractivity contribution in [3.05, 3.63) is 0 Å². The van der Waals surface area contributed by atoms with E-state index in [9.17, 15) is 27.9 Å². The first-order chi connectivity index (χ1) is 11.4. The van der Waals surface area contributed by atoms with E-state index in [1.165, 1.54) is 0 Å². The van der Waals surface area contributed by atoms with Crippen LogP contribution >= 0.6 is 0 Å². The number of fused-ring (bicyclic) bond motifs is 1. The molecular weight excluding hydrogens is 335 g/mol. The SMILES string of the molecule is C[C@H](CNC(=O)C[C@](C)(O)C(F)(F)F)[C@H]1CC[C@H]2C(=O)CCC[C@@]12C. The first-order valence-corrected chi connectivity index (χ1v) is 8.97. The molecule has 2 N–H and O–H groups in total. The van der Waals surface area contributed by atoms with E-state index >= 15 is 0 Å². The van der Waals surface area contributed by atoms with Crippen LogP contribution in [-0.2, 0) is 9.59 Å². The van der Waals surface area contributed by atoms with Crippen LogP contribution in [0.25, 0.3) is 0 Å². The molecule has 7 heteroatoms. The normalized spacial score (nSPS) is 33.5. The molecule has 0 aliphatic heterocycles. The average Bonchev–Trinajstić information content (AvgIpc) is 2.81. The second kappa shape index (κ2) is 6.89. The molecule has 25 heavy (non-hydrogen) atoms. The Morgan fingerprint density at radius 3 is 2.64 bits per heavy atom. The molecule has 0 bridgehead atoms. The maximum Gasteiger partial charge on any atom is 0.417 e. The van der Waals surface area contributed by atoms with Gasteiger partial charge in [0, 0.05) is 18.9 Å². The molecule has 0 radical (unpaired) electrons. The predicted octanol–water partition coefficient (Wildman–Crippen LogP) is 3.23. The number of aliphatic hydroxyl groups is 1. The molecule has 0 aromatic heterocycles. The summed E-state index contributed by atoms with van der Waals surface area (Å²) in [5.74, 6) is -0.0662. The van der Waals surface area contributed by atoms with Gasteiger partial charge in [0.2, 0.25) is 5.91 Å². The number of nitrogens with one attached hydrogen (secondary N) is 1. The molecule has 1 amide bonds. The van der Waals surface area contributed by atoms with E-state index < -0.39 is 24.1 Å². The summed E-state index contributed by atoms with van der Waals surface area (Å²) in [4.78, 5) is 24.0. The quantitative estimate of drug-likeness (QED) is 0.788. The molecule has 0 heterocycles. The van der Waals surface area contributed by atoms with Crippen molar-refractivity contribution in [2.45, 2.75) is 71.1 Å². The van der Waals surface area contributed by atoms with Gasteiger partial charge in [-0.15, -0.1) is 0 Å². The van der Waals surface area contributed by atoms with Gasteiger partial charge in [-0.25, -0.2) is 0 Å². The Hall–Kier alpha value is -1.11. The van der Waals surface area contributed by atoms with E-state index in [-0.39, 0.29) is 29.7 Å². The van der Waals surface area contributed by atoms with Crippen LogP contribution in [0.15, 0.2) is 0 Å². The lowest BCUT2D eigenvalue weighted by Gasteiger charge is -2.42. The highest BCUT2D eigenvalue weighted by molar-refractivity contribution is 5.83. The molecule has 2 aliphatic rings. The van der Waals surface area contributed by atoms with Gasteiger partial charge in [-0.1, -0.05) is 13.8 Å². The number of carbonyl (C=O) groups excluding carboxylic acids is 2. The summed E-state index contributed by atoms with van der Waals surface area (Å²) in [6.45, 7) is 4.97. The van der Waals surface area contributed by atoms with Crippen LogP contribution in [0.3, 0.4) is 0 Å². The van der Waals surface area contributed by atoms with Gasteiger partial charge in [-0.2, -0.15) is 13.2 Å². The first kappa shape index (κ1) is 20.2. The van der Waals surface area contributed by atoms with E-state index in [1.807, 2.05) is 6.92 Å². The molecule has 0 spiro atoms. The van der Waals surface area contributed by atoms with Crippen molar-refractivity contribution in [3.63, 3.8) is 0 Å². The molecule has 2 rings (SSSR count). The number of Topliss-reactive ketones (excluding diaryl/α,β-unsaturated/α-hetero) is 1. The average molecular weight is 363 g/mol. The number of rotatable bonds is 5. The molecule has 0 saturated heterocycles. The molecule has 2 saturated carbocycles. The van der Waals surface area contributed by atoms with Crippen LogP contribution in [0.5, 0.6) is 0 Å². The van der Waals surface area contributed by atoms with Gasteiger partial charge < -0.3 is 10.4 Å². The zero-order valence-corrected chi connectivity index (χ0v) is 15.1. The van der Waals surface area contributed by atoms with E-state index in [0.29, 0.717) is 19.1 Å². The topological polar surface area (TPSA) is 66.4 Å². The molecule has 0 aromatic rings. The van der Waals surface area contributed by atoms with Gasteiger partial charge in [0.25, 0.3) is 0 Å². The Morgan fingerprint density at radius 1 is 1.40 bits per heavy atom. The Balaban J connectivity index is 1.91. The molecule has 2 aliphatic carbocycles. The first-order valence-electron chi connectivity index (χ1n) is 8.97.